The van der Waals surface area contributed by atoms with Crippen LogP contribution in [0.25, 0.3) is 0 Å². The fourth-order valence-corrected chi connectivity index (χ4v) is 4.41. The third-order valence-electron chi connectivity index (χ3n) is 7.35. The fourth-order valence-electron chi connectivity index (χ4n) is 4.41. The Labute approximate surface area is 256 Å². The van der Waals surface area contributed by atoms with Crippen LogP contribution in [0.1, 0.15) is 163 Å². The molecular weight excluding hydrogens is 536 g/mol. The Morgan fingerprint density at radius 3 is 0.929 bits per heavy atom. The summed E-state index contributed by atoms with van der Waals surface area (Å²) < 4.78 is 22.4. The number of carbonyl (C=O) groups excluding carboxylic acids is 4. The standard InChI is InChI=1S/C34H62O8/c1-5-9-13-15-16-18-21-25-33(38)42-29-34(26-39-30(35)22-12-8-4,27-40-31(36)23-19-11-7-3)28-41-32(37)24-20-17-14-10-6-2/h5-29H2,1-4H3. The van der Waals surface area contributed by atoms with Gasteiger partial charge in [-0.05, 0) is 25.7 Å². The van der Waals surface area contributed by atoms with E-state index in [-0.39, 0.29) is 76.0 Å². The van der Waals surface area contributed by atoms with Gasteiger partial charge in [-0.2, -0.15) is 0 Å². The van der Waals surface area contributed by atoms with Crippen LogP contribution in [0.15, 0.2) is 0 Å². The molecule has 0 aromatic rings. The molecule has 1 unspecified atom stereocenters. The molecule has 246 valence electrons. The van der Waals surface area contributed by atoms with Gasteiger partial charge < -0.3 is 18.9 Å². The van der Waals surface area contributed by atoms with Crippen molar-refractivity contribution < 1.29 is 38.1 Å². The van der Waals surface area contributed by atoms with Crippen LogP contribution in [0.4, 0.5) is 0 Å². The molecular formula is C34H62O8. The highest BCUT2D eigenvalue weighted by molar-refractivity contribution is 5.71. The summed E-state index contributed by atoms with van der Waals surface area (Å²) in [4.78, 5) is 50.1. The normalized spacial score (nSPS) is 12.4. The van der Waals surface area contributed by atoms with Crippen LogP contribution >= 0.6 is 0 Å². The van der Waals surface area contributed by atoms with Crippen molar-refractivity contribution in [1.29, 1.82) is 0 Å². The lowest BCUT2D eigenvalue weighted by Gasteiger charge is -2.31. The van der Waals surface area contributed by atoms with Gasteiger partial charge in [-0.15, -0.1) is 0 Å². The predicted molar refractivity (Wildman–Crippen MR) is 166 cm³/mol. The van der Waals surface area contributed by atoms with Crippen LogP contribution < -0.4 is 0 Å². The molecule has 0 saturated carbocycles. The lowest BCUT2D eigenvalue weighted by molar-refractivity contribution is -0.170. The Morgan fingerprint density at radius 1 is 0.357 bits per heavy atom. The van der Waals surface area contributed by atoms with Crippen molar-refractivity contribution in [2.45, 2.75) is 163 Å². The number of hydrogen-bond donors (Lipinski definition) is 0. The van der Waals surface area contributed by atoms with E-state index in [4.69, 9.17) is 18.9 Å². The van der Waals surface area contributed by atoms with Gasteiger partial charge in [-0.3, -0.25) is 19.2 Å². The second-order valence-electron chi connectivity index (χ2n) is 11.7. The molecule has 0 N–H and O–H groups in total. The Hall–Kier alpha value is -2.12. The molecule has 0 rings (SSSR count). The van der Waals surface area contributed by atoms with Crippen LogP contribution in [0, 0.1) is 5.41 Å². The molecule has 0 aliphatic carbocycles. The van der Waals surface area contributed by atoms with Crippen LogP contribution in [-0.2, 0) is 38.1 Å². The molecule has 8 heteroatoms. The van der Waals surface area contributed by atoms with Crippen LogP contribution in [0.5, 0.6) is 0 Å². The zero-order valence-corrected chi connectivity index (χ0v) is 27.4. The van der Waals surface area contributed by atoms with E-state index in [1.807, 2.05) is 6.92 Å². The highest BCUT2D eigenvalue weighted by atomic mass is 16.6. The van der Waals surface area contributed by atoms with E-state index in [1.54, 1.807) is 0 Å². The number of rotatable bonds is 29. The van der Waals surface area contributed by atoms with Crippen LogP contribution in [0.2, 0.25) is 0 Å². The topological polar surface area (TPSA) is 105 Å². The van der Waals surface area contributed by atoms with Crippen molar-refractivity contribution in [3.05, 3.63) is 0 Å². The Morgan fingerprint density at radius 2 is 0.595 bits per heavy atom. The minimum atomic E-state index is -1.17. The molecule has 8 nitrogen and oxygen atoms in total. The summed E-state index contributed by atoms with van der Waals surface area (Å²) in [5.41, 5.74) is -1.17. The number of ether oxygens (including phenoxy) is 4. The molecule has 0 aromatic carbocycles. The third-order valence-corrected chi connectivity index (χ3v) is 7.35. The zero-order valence-electron chi connectivity index (χ0n) is 27.4. The lowest BCUT2D eigenvalue weighted by atomic mass is 9.92. The number of carbonyl (C=O) groups is 4. The average Bonchev–Trinajstić information content (AvgIpc) is 2.98. The van der Waals surface area contributed by atoms with Gasteiger partial charge in [0, 0.05) is 25.7 Å². The smallest absolute Gasteiger partial charge is 0.305 e. The van der Waals surface area contributed by atoms with Crippen molar-refractivity contribution >= 4 is 23.9 Å². The molecule has 0 saturated heterocycles. The maximum Gasteiger partial charge on any atom is 0.305 e. The van der Waals surface area contributed by atoms with Gasteiger partial charge in [0.2, 0.25) is 0 Å². The maximum atomic E-state index is 12.6. The predicted octanol–water partition coefficient (Wildman–Crippen LogP) is 8.42. The first-order valence-electron chi connectivity index (χ1n) is 16.9. The van der Waals surface area contributed by atoms with Crippen LogP contribution in [-0.4, -0.2) is 50.3 Å². The van der Waals surface area contributed by atoms with E-state index in [9.17, 15) is 19.2 Å². The zero-order chi connectivity index (χ0) is 31.3. The van der Waals surface area contributed by atoms with Gasteiger partial charge in [-0.25, -0.2) is 0 Å². The summed E-state index contributed by atoms with van der Waals surface area (Å²) >= 11 is 0. The molecule has 0 radical (unpaired) electrons. The maximum absolute atomic E-state index is 12.6. The summed E-state index contributed by atoms with van der Waals surface area (Å²) in [5, 5.41) is 0. The average molecular weight is 599 g/mol. The van der Waals surface area contributed by atoms with E-state index in [0.29, 0.717) is 6.42 Å². The van der Waals surface area contributed by atoms with Crippen molar-refractivity contribution in [3.63, 3.8) is 0 Å². The summed E-state index contributed by atoms with van der Waals surface area (Å²) in [5.74, 6) is -1.48. The van der Waals surface area contributed by atoms with E-state index in [0.717, 1.165) is 77.0 Å². The Kier molecular flexibility index (Phi) is 26.3. The SMILES string of the molecule is CCCCCCCCCC(=O)OCC(COC(=O)CCCC)(COC(=O)CCCCC)COC(=O)CCCCCCC. The minimum absolute atomic E-state index is 0.171. The van der Waals surface area contributed by atoms with E-state index < -0.39 is 5.41 Å². The first kappa shape index (κ1) is 39.9. The van der Waals surface area contributed by atoms with Gasteiger partial charge >= 0.3 is 23.9 Å². The summed E-state index contributed by atoms with van der Waals surface area (Å²) in [7, 11) is 0. The second kappa shape index (κ2) is 27.7. The first-order chi connectivity index (χ1) is 20.3. The molecule has 0 bridgehead atoms. The summed E-state index contributed by atoms with van der Waals surface area (Å²) in [6, 6.07) is 0. The van der Waals surface area contributed by atoms with Gasteiger partial charge in [-0.1, -0.05) is 111 Å². The Balaban J connectivity index is 5.34. The van der Waals surface area contributed by atoms with Gasteiger partial charge in [0.1, 0.15) is 31.8 Å². The second-order valence-corrected chi connectivity index (χ2v) is 11.7. The summed E-state index contributed by atoms with van der Waals surface area (Å²) in [6.45, 7) is 7.68. The molecule has 0 aliphatic heterocycles. The Bertz CT molecular complexity index is 708. The molecule has 0 heterocycles. The van der Waals surface area contributed by atoms with Gasteiger partial charge in [0.05, 0.1) is 0 Å². The number of hydrogen-bond acceptors (Lipinski definition) is 8. The molecule has 42 heavy (non-hydrogen) atoms. The molecule has 0 amide bonds. The van der Waals surface area contributed by atoms with Crippen molar-refractivity contribution in [2.75, 3.05) is 26.4 Å². The summed E-state index contributed by atoms with van der Waals surface area (Å²) in [6.07, 6.45) is 17.9. The quantitative estimate of drug-likeness (QED) is 0.0480. The monoisotopic (exact) mass is 598 g/mol. The largest absolute Gasteiger partial charge is 0.465 e. The highest BCUT2D eigenvalue weighted by Gasteiger charge is 2.38. The fraction of sp³-hybridized carbons (Fsp3) is 0.882. The van der Waals surface area contributed by atoms with Gasteiger partial charge in [0.25, 0.3) is 0 Å². The van der Waals surface area contributed by atoms with E-state index in [1.165, 1.54) is 25.7 Å². The minimum Gasteiger partial charge on any atom is -0.465 e. The molecule has 0 spiro atoms. The van der Waals surface area contributed by atoms with E-state index in [2.05, 4.69) is 20.8 Å². The molecule has 0 aromatic heterocycles. The van der Waals surface area contributed by atoms with Crippen molar-refractivity contribution in [2.24, 2.45) is 5.41 Å². The third kappa shape index (κ3) is 23.4. The van der Waals surface area contributed by atoms with Crippen molar-refractivity contribution in [3.8, 4) is 0 Å². The first-order valence-corrected chi connectivity index (χ1v) is 16.9. The number of esters is 4. The molecule has 0 aliphatic rings. The van der Waals surface area contributed by atoms with Crippen LogP contribution in [0.3, 0.4) is 0 Å². The molecule has 0 fully saturated rings. The van der Waals surface area contributed by atoms with Gasteiger partial charge in [0.15, 0.2) is 0 Å². The molecule has 1 atom stereocenters. The van der Waals surface area contributed by atoms with Crippen molar-refractivity contribution in [1.82, 2.24) is 0 Å². The highest BCUT2D eigenvalue weighted by Crippen LogP contribution is 2.23. The lowest BCUT2D eigenvalue weighted by Crippen LogP contribution is -2.44. The van der Waals surface area contributed by atoms with E-state index >= 15 is 0 Å². The number of unbranched alkanes of at least 4 members (excludes halogenated alkanes) is 13.